The van der Waals surface area contributed by atoms with Crippen LogP contribution in [0, 0.1) is 19.7 Å². The van der Waals surface area contributed by atoms with Crippen LogP contribution in [-0.4, -0.2) is 21.3 Å². The molecule has 6 heteroatoms. The van der Waals surface area contributed by atoms with Crippen molar-refractivity contribution in [3.8, 4) is 0 Å². The van der Waals surface area contributed by atoms with Crippen LogP contribution in [0.3, 0.4) is 0 Å². The Bertz CT molecular complexity index is 689. The number of halogens is 1. The van der Waals surface area contributed by atoms with Crippen molar-refractivity contribution >= 4 is 11.8 Å². The first-order valence-electron chi connectivity index (χ1n) is 6.49. The topological polar surface area (TPSA) is 75.1 Å². The van der Waals surface area contributed by atoms with Gasteiger partial charge in [-0.3, -0.25) is 0 Å². The van der Waals surface area contributed by atoms with Gasteiger partial charge in [0.25, 0.3) is 0 Å². The van der Waals surface area contributed by atoms with Crippen LogP contribution in [0.25, 0.3) is 0 Å². The number of aryl methyl sites for hydroxylation is 1. The van der Waals surface area contributed by atoms with E-state index in [1.165, 1.54) is 12.1 Å². The van der Waals surface area contributed by atoms with Crippen LogP contribution >= 0.6 is 0 Å². The molecule has 2 aromatic rings. The first-order chi connectivity index (χ1) is 9.90. The maximum Gasteiger partial charge on any atom is 0.339 e. The number of carbonyl (C=O) groups is 1. The molecule has 0 saturated heterocycles. The van der Waals surface area contributed by atoms with Crippen molar-refractivity contribution in [1.82, 2.24) is 10.2 Å². The molecular weight excluding hydrogens is 273 g/mol. The van der Waals surface area contributed by atoms with Gasteiger partial charge in [0.1, 0.15) is 11.4 Å². The molecule has 5 nitrogen and oxygen atoms in total. The molecule has 0 fully saturated rings. The predicted molar refractivity (Wildman–Crippen MR) is 76.9 cm³/mol. The molecule has 0 spiro atoms. The number of hydrogen-bond donors (Lipinski definition) is 2. The number of rotatable bonds is 4. The molecule has 1 aromatic heterocycles. The zero-order valence-corrected chi connectivity index (χ0v) is 12.0. The quantitative estimate of drug-likeness (QED) is 0.904. The van der Waals surface area contributed by atoms with Crippen LogP contribution in [0.2, 0.25) is 0 Å². The number of carboxylic acid groups (broad SMARTS) is 1. The third-order valence-electron chi connectivity index (χ3n) is 3.37. The zero-order valence-electron chi connectivity index (χ0n) is 12.0. The lowest BCUT2D eigenvalue weighted by atomic mass is 10.1. The highest BCUT2D eigenvalue weighted by molar-refractivity contribution is 5.94. The Kier molecular flexibility index (Phi) is 4.16. The highest BCUT2D eigenvalue weighted by Crippen LogP contribution is 2.23. The average molecular weight is 289 g/mol. The van der Waals surface area contributed by atoms with Crippen molar-refractivity contribution in [3.63, 3.8) is 0 Å². The van der Waals surface area contributed by atoms with Crippen molar-refractivity contribution in [2.24, 2.45) is 0 Å². The molecule has 0 aliphatic rings. The summed E-state index contributed by atoms with van der Waals surface area (Å²) >= 11 is 0. The Morgan fingerprint density at radius 2 is 2.05 bits per heavy atom. The van der Waals surface area contributed by atoms with E-state index >= 15 is 0 Å². The fraction of sp³-hybridized carbons (Fsp3) is 0.267. The smallest absolute Gasteiger partial charge is 0.339 e. The highest BCUT2D eigenvalue weighted by atomic mass is 19.1. The molecule has 2 N–H and O–H groups in total. The van der Waals surface area contributed by atoms with Gasteiger partial charge in [0.2, 0.25) is 0 Å². The summed E-state index contributed by atoms with van der Waals surface area (Å²) in [5, 5.41) is 20.2. The maximum atomic E-state index is 13.2. The van der Waals surface area contributed by atoms with E-state index in [4.69, 9.17) is 0 Å². The zero-order chi connectivity index (χ0) is 15.6. The molecule has 1 atom stereocenters. The van der Waals surface area contributed by atoms with E-state index in [1.54, 1.807) is 32.9 Å². The molecule has 1 heterocycles. The summed E-state index contributed by atoms with van der Waals surface area (Å²) < 4.78 is 13.2. The lowest BCUT2D eigenvalue weighted by Gasteiger charge is -2.17. The van der Waals surface area contributed by atoms with Gasteiger partial charge in [-0.05, 0) is 44.0 Å². The van der Waals surface area contributed by atoms with Gasteiger partial charge in [0.15, 0.2) is 5.82 Å². The number of carboxylic acids is 1. The summed E-state index contributed by atoms with van der Waals surface area (Å²) in [6, 6.07) is 5.82. The Balaban J connectivity index is 2.35. The van der Waals surface area contributed by atoms with Gasteiger partial charge in [-0.1, -0.05) is 12.1 Å². The van der Waals surface area contributed by atoms with Crippen molar-refractivity contribution in [2.45, 2.75) is 26.8 Å². The van der Waals surface area contributed by atoms with Gasteiger partial charge >= 0.3 is 5.97 Å². The number of aromatic carboxylic acids is 1. The molecule has 110 valence electrons. The van der Waals surface area contributed by atoms with E-state index in [-0.39, 0.29) is 23.2 Å². The van der Waals surface area contributed by atoms with Crippen LogP contribution in [0.1, 0.15) is 40.1 Å². The molecule has 1 unspecified atom stereocenters. The standard InChI is InChI=1S/C15H16FN3O2/c1-8-9(2)18-19-14(13(8)15(20)21)17-10(3)11-5-4-6-12(16)7-11/h4-7,10H,1-3H3,(H,17,19)(H,20,21). The molecular formula is C15H16FN3O2. The number of hydrogen-bond acceptors (Lipinski definition) is 4. The second-order valence-corrected chi connectivity index (χ2v) is 4.86. The average Bonchev–Trinajstić information content (AvgIpc) is 2.42. The first kappa shape index (κ1) is 14.9. The second-order valence-electron chi connectivity index (χ2n) is 4.86. The fourth-order valence-electron chi connectivity index (χ4n) is 2.04. The summed E-state index contributed by atoms with van der Waals surface area (Å²) in [5.74, 6) is -1.23. The molecule has 0 aliphatic heterocycles. The number of benzene rings is 1. The Hall–Kier alpha value is -2.50. The van der Waals surface area contributed by atoms with E-state index in [0.717, 1.165) is 0 Å². The third kappa shape index (κ3) is 3.16. The van der Waals surface area contributed by atoms with Crippen LogP contribution in [0.5, 0.6) is 0 Å². The number of nitrogens with zero attached hydrogens (tertiary/aromatic N) is 2. The first-order valence-corrected chi connectivity index (χ1v) is 6.49. The molecule has 0 amide bonds. The molecule has 2 rings (SSSR count). The van der Waals surface area contributed by atoms with E-state index in [2.05, 4.69) is 15.5 Å². The highest BCUT2D eigenvalue weighted by Gasteiger charge is 2.19. The molecule has 21 heavy (non-hydrogen) atoms. The third-order valence-corrected chi connectivity index (χ3v) is 3.37. The lowest BCUT2D eigenvalue weighted by molar-refractivity contribution is 0.0696. The van der Waals surface area contributed by atoms with Gasteiger partial charge in [0.05, 0.1) is 11.7 Å². The summed E-state index contributed by atoms with van der Waals surface area (Å²) in [4.78, 5) is 11.4. The molecule has 0 aliphatic carbocycles. The van der Waals surface area contributed by atoms with E-state index in [9.17, 15) is 14.3 Å². The SMILES string of the molecule is Cc1nnc(NC(C)c2cccc(F)c2)c(C(=O)O)c1C. The maximum absolute atomic E-state index is 13.2. The van der Waals surface area contributed by atoms with Gasteiger partial charge < -0.3 is 10.4 Å². The van der Waals surface area contributed by atoms with Crippen LogP contribution in [0.15, 0.2) is 24.3 Å². The van der Waals surface area contributed by atoms with Crippen LogP contribution < -0.4 is 5.32 Å². The number of aromatic nitrogens is 2. The van der Waals surface area contributed by atoms with Crippen molar-refractivity contribution in [2.75, 3.05) is 5.32 Å². The largest absolute Gasteiger partial charge is 0.478 e. The predicted octanol–water partition coefficient (Wildman–Crippen LogP) is 3.10. The van der Waals surface area contributed by atoms with Crippen LogP contribution in [-0.2, 0) is 0 Å². The van der Waals surface area contributed by atoms with Crippen molar-refractivity contribution in [1.29, 1.82) is 0 Å². The van der Waals surface area contributed by atoms with Gasteiger partial charge in [-0.15, -0.1) is 5.10 Å². The summed E-state index contributed by atoms with van der Waals surface area (Å²) in [5.41, 5.74) is 1.92. The molecule has 1 aromatic carbocycles. The minimum absolute atomic E-state index is 0.0887. The monoisotopic (exact) mass is 289 g/mol. The van der Waals surface area contributed by atoms with E-state index < -0.39 is 5.97 Å². The summed E-state index contributed by atoms with van der Waals surface area (Å²) in [6.45, 7) is 5.19. The molecule has 0 bridgehead atoms. The van der Waals surface area contributed by atoms with Crippen molar-refractivity contribution < 1.29 is 14.3 Å². The number of anilines is 1. The molecule has 0 radical (unpaired) electrons. The Morgan fingerprint density at radius 1 is 1.33 bits per heavy atom. The second kappa shape index (κ2) is 5.87. The summed E-state index contributed by atoms with van der Waals surface area (Å²) in [7, 11) is 0. The van der Waals surface area contributed by atoms with Gasteiger partial charge in [-0.25, -0.2) is 9.18 Å². The Morgan fingerprint density at radius 3 is 2.67 bits per heavy atom. The van der Waals surface area contributed by atoms with Gasteiger partial charge in [0, 0.05) is 0 Å². The molecule has 0 saturated carbocycles. The fourth-order valence-corrected chi connectivity index (χ4v) is 2.04. The normalized spacial score (nSPS) is 12.0. The number of nitrogens with one attached hydrogen (secondary N) is 1. The van der Waals surface area contributed by atoms with E-state index in [1.807, 2.05) is 0 Å². The Labute approximate surface area is 121 Å². The van der Waals surface area contributed by atoms with E-state index in [0.29, 0.717) is 16.8 Å². The van der Waals surface area contributed by atoms with Gasteiger partial charge in [-0.2, -0.15) is 5.10 Å². The van der Waals surface area contributed by atoms with Crippen molar-refractivity contribution in [3.05, 3.63) is 52.5 Å². The van der Waals surface area contributed by atoms with Crippen LogP contribution in [0.4, 0.5) is 10.2 Å². The summed E-state index contributed by atoms with van der Waals surface area (Å²) in [6.07, 6.45) is 0. The minimum atomic E-state index is -1.07. The minimum Gasteiger partial charge on any atom is -0.478 e. The lowest BCUT2D eigenvalue weighted by Crippen LogP contribution is -2.15.